The number of aryl methyl sites for hydroxylation is 2. The van der Waals surface area contributed by atoms with Gasteiger partial charge in [0.2, 0.25) is 0 Å². The summed E-state index contributed by atoms with van der Waals surface area (Å²) in [5.41, 5.74) is 4.97. The van der Waals surface area contributed by atoms with Crippen molar-refractivity contribution in [1.82, 2.24) is 15.0 Å². The van der Waals surface area contributed by atoms with Gasteiger partial charge in [-0.05, 0) is 54.2 Å². The Morgan fingerprint density at radius 2 is 1.93 bits per heavy atom. The summed E-state index contributed by atoms with van der Waals surface area (Å²) in [4.78, 5) is 23.9. The fourth-order valence-electron chi connectivity index (χ4n) is 3.42. The van der Waals surface area contributed by atoms with Crippen LogP contribution in [0.4, 0.5) is 5.69 Å². The number of carbonyl (C=O) groups is 2. The third-order valence-corrected chi connectivity index (χ3v) is 4.86. The number of hydrogen-bond acceptors (Lipinski definition) is 5. The van der Waals surface area contributed by atoms with E-state index in [0.717, 1.165) is 30.5 Å². The molecule has 1 aromatic heterocycles. The zero-order chi connectivity index (χ0) is 20.8. The number of aromatic nitrogens is 3. The van der Waals surface area contributed by atoms with Crippen molar-refractivity contribution in [3.8, 4) is 0 Å². The van der Waals surface area contributed by atoms with Gasteiger partial charge in [0, 0.05) is 11.8 Å². The summed E-state index contributed by atoms with van der Waals surface area (Å²) in [6, 6.07) is 15.8. The van der Waals surface area contributed by atoms with Crippen LogP contribution >= 0.6 is 0 Å². The second-order valence-electron chi connectivity index (χ2n) is 7.15. The molecule has 1 aliphatic carbocycles. The van der Waals surface area contributed by atoms with E-state index in [1.165, 1.54) is 23.3 Å². The molecule has 2 aromatic carbocycles. The summed E-state index contributed by atoms with van der Waals surface area (Å²) < 4.78 is 6.69. The van der Waals surface area contributed by atoms with Crippen LogP contribution in [0, 0.1) is 0 Å². The van der Waals surface area contributed by atoms with Crippen LogP contribution in [0.25, 0.3) is 6.08 Å². The molecule has 0 atom stereocenters. The van der Waals surface area contributed by atoms with E-state index in [2.05, 4.69) is 15.6 Å². The van der Waals surface area contributed by atoms with Crippen molar-refractivity contribution in [2.24, 2.45) is 0 Å². The topological polar surface area (TPSA) is 86.1 Å². The molecular formula is C23H22N4O3. The van der Waals surface area contributed by atoms with E-state index in [1.54, 1.807) is 10.9 Å². The number of hydrogen-bond donors (Lipinski definition) is 1. The highest BCUT2D eigenvalue weighted by Gasteiger charge is 2.12. The van der Waals surface area contributed by atoms with E-state index >= 15 is 0 Å². The third-order valence-electron chi connectivity index (χ3n) is 4.86. The highest BCUT2D eigenvalue weighted by atomic mass is 16.5. The van der Waals surface area contributed by atoms with Gasteiger partial charge in [0.05, 0.1) is 12.7 Å². The number of fused-ring (bicyclic) bond motifs is 1. The molecule has 7 nitrogen and oxygen atoms in total. The zero-order valence-corrected chi connectivity index (χ0v) is 16.5. The maximum absolute atomic E-state index is 12.0. The van der Waals surface area contributed by atoms with Gasteiger partial charge in [0.25, 0.3) is 5.91 Å². The molecule has 30 heavy (non-hydrogen) atoms. The number of nitrogens with one attached hydrogen (secondary N) is 1. The number of esters is 1. The fourth-order valence-corrected chi connectivity index (χ4v) is 3.42. The number of ether oxygens (including phenoxy) is 1. The molecule has 4 rings (SSSR count). The molecule has 1 aliphatic rings. The van der Waals surface area contributed by atoms with E-state index in [9.17, 15) is 9.59 Å². The van der Waals surface area contributed by atoms with Crippen molar-refractivity contribution >= 4 is 23.6 Å². The quantitative estimate of drug-likeness (QED) is 0.485. The SMILES string of the molecule is O=C(COC(=O)/C=C/c1cn(Cc2ccccc2)nn1)Nc1ccc2c(c1)CCC2. The van der Waals surface area contributed by atoms with E-state index in [4.69, 9.17) is 4.74 Å². The molecule has 0 spiro atoms. The Hall–Kier alpha value is -3.74. The second kappa shape index (κ2) is 9.17. The molecule has 0 aliphatic heterocycles. The lowest BCUT2D eigenvalue weighted by Crippen LogP contribution is -2.20. The number of carbonyl (C=O) groups excluding carboxylic acids is 2. The van der Waals surface area contributed by atoms with Crippen molar-refractivity contribution in [3.63, 3.8) is 0 Å². The molecule has 1 N–H and O–H groups in total. The minimum Gasteiger partial charge on any atom is -0.452 e. The molecule has 1 heterocycles. The Bertz CT molecular complexity index is 1070. The standard InChI is InChI=1S/C23H22N4O3/c28-22(24-20-10-9-18-7-4-8-19(18)13-20)16-30-23(29)12-11-21-15-27(26-25-21)14-17-5-2-1-3-6-17/h1-3,5-6,9-13,15H,4,7-8,14,16H2,(H,24,28)/b12-11+. The van der Waals surface area contributed by atoms with Crippen molar-refractivity contribution in [2.75, 3.05) is 11.9 Å². The highest BCUT2D eigenvalue weighted by Crippen LogP contribution is 2.24. The van der Waals surface area contributed by atoms with Crippen molar-refractivity contribution in [1.29, 1.82) is 0 Å². The van der Waals surface area contributed by atoms with Crippen molar-refractivity contribution in [2.45, 2.75) is 25.8 Å². The molecule has 0 saturated heterocycles. The normalized spacial score (nSPS) is 12.7. The summed E-state index contributed by atoms with van der Waals surface area (Å²) >= 11 is 0. The number of rotatable bonds is 7. The largest absolute Gasteiger partial charge is 0.452 e. The predicted molar refractivity (Wildman–Crippen MR) is 113 cm³/mol. The van der Waals surface area contributed by atoms with Gasteiger partial charge in [-0.1, -0.05) is 41.6 Å². The highest BCUT2D eigenvalue weighted by molar-refractivity contribution is 5.94. The monoisotopic (exact) mass is 402 g/mol. The van der Waals surface area contributed by atoms with Crippen LogP contribution in [0.2, 0.25) is 0 Å². The molecule has 1 amide bonds. The van der Waals surface area contributed by atoms with Gasteiger partial charge in [-0.15, -0.1) is 5.10 Å². The van der Waals surface area contributed by atoms with Gasteiger partial charge >= 0.3 is 5.97 Å². The molecule has 0 saturated carbocycles. The van der Waals surface area contributed by atoms with Crippen LogP contribution < -0.4 is 5.32 Å². The predicted octanol–water partition coefficient (Wildman–Crippen LogP) is 3.01. The maximum atomic E-state index is 12.0. The van der Waals surface area contributed by atoms with Gasteiger partial charge in [0.15, 0.2) is 6.61 Å². The zero-order valence-electron chi connectivity index (χ0n) is 16.5. The van der Waals surface area contributed by atoms with E-state index in [0.29, 0.717) is 12.2 Å². The van der Waals surface area contributed by atoms with E-state index in [1.807, 2.05) is 48.5 Å². The fraction of sp³-hybridized carbons (Fsp3) is 0.217. The lowest BCUT2D eigenvalue weighted by Gasteiger charge is -2.07. The first-order valence-corrected chi connectivity index (χ1v) is 9.86. The van der Waals surface area contributed by atoms with Gasteiger partial charge in [-0.2, -0.15) is 0 Å². The first-order chi connectivity index (χ1) is 14.7. The summed E-state index contributed by atoms with van der Waals surface area (Å²) in [6.45, 7) is 0.246. The summed E-state index contributed by atoms with van der Waals surface area (Å²) in [5, 5.41) is 10.8. The minimum absolute atomic E-state index is 0.346. The Kier molecular flexibility index (Phi) is 5.98. The Labute approximate surface area is 174 Å². The van der Waals surface area contributed by atoms with Gasteiger partial charge < -0.3 is 10.1 Å². The Balaban J connectivity index is 1.23. The second-order valence-corrected chi connectivity index (χ2v) is 7.15. The third kappa shape index (κ3) is 5.20. The lowest BCUT2D eigenvalue weighted by atomic mass is 10.1. The molecule has 152 valence electrons. The van der Waals surface area contributed by atoms with E-state index in [-0.39, 0.29) is 12.5 Å². The van der Waals surface area contributed by atoms with Gasteiger partial charge in [-0.25, -0.2) is 9.48 Å². The Morgan fingerprint density at radius 3 is 2.80 bits per heavy atom. The average molecular weight is 402 g/mol. The van der Waals surface area contributed by atoms with Crippen LogP contribution in [0.3, 0.4) is 0 Å². The summed E-state index contributed by atoms with van der Waals surface area (Å²) in [5.74, 6) is -0.986. The Morgan fingerprint density at radius 1 is 1.10 bits per heavy atom. The average Bonchev–Trinajstić information content (AvgIpc) is 3.40. The number of nitrogens with zero attached hydrogens (tertiary/aromatic N) is 3. The molecular weight excluding hydrogens is 380 g/mol. The molecule has 7 heteroatoms. The lowest BCUT2D eigenvalue weighted by molar-refractivity contribution is -0.142. The smallest absolute Gasteiger partial charge is 0.331 e. The molecule has 0 bridgehead atoms. The minimum atomic E-state index is -0.614. The summed E-state index contributed by atoms with van der Waals surface area (Å²) in [6.07, 6.45) is 7.76. The first-order valence-electron chi connectivity index (χ1n) is 9.86. The first kappa shape index (κ1) is 19.6. The van der Waals surface area contributed by atoms with Gasteiger partial charge in [-0.3, -0.25) is 4.79 Å². The number of anilines is 1. The van der Waals surface area contributed by atoms with Crippen LogP contribution in [-0.4, -0.2) is 33.5 Å². The number of benzene rings is 2. The molecule has 0 radical (unpaired) electrons. The molecule has 0 fully saturated rings. The van der Waals surface area contributed by atoms with Crippen LogP contribution in [0.15, 0.2) is 60.8 Å². The summed E-state index contributed by atoms with van der Waals surface area (Å²) in [7, 11) is 0. The molecule has 3 aromatic rings. The van der Waals surface area contributed by atoms with Crippen LogP contribution in [0.5, 0.6) is 0 Å². The van der Waals surface area contributed by atoms with Crippen molar-refractivity contribution < 1.29 is 14.3 Å². The van der Waals surface area contributed by atoms with Gasteiger partial charge in [0.1, 0.15) is 5.69 Å². The van der Waals surface area contributed by atoms with Crippen LogP contribution in [-0.2, 0) is 33.7 Å². The van der Waals surface area contributed by atoms with E-state index < -0.39 is 5.97 Å². The molecule has 0 unspecified atom stereocenters. The van der Waals surface area contributed by atoms with Crippen molar-refractivity contribution in [3.05, 3.63) is 83.2 Å². The van der Waals surface area contributed by atoms with Crippen LogP contribution in [0.1, 0.15) is 28.8 Å². The number of amides is 1. The maximum Gasteiger partial charge on any atom is 0.331 e.